The summed E-state index contributed by atoms with van der Waals surface area (Å²) in [5, 5.41) is 0. The highest BCUT2D eigenvalue weighted by molar-refractivity contribution is 5.94. The van der Waals surface area contributed by atoms with E-state index in [-0.39, 0.29) is 11.8 Å². The predicted octanol–water partition coefficient (Wildman–Crippen LogP) is 1.81. The molecule has 0 aromatic carbocycles. The lowest BCUT2D eigenvalue weighted by atomic mass is 10.2. The zero-order valence-corrected chi connectivity index (χ0v) is 14.2. The minimum atomic E-state index is -0.152. The van der Waals surface area contributed by atoms with Crippen molar-refractivity contribution in [2.75, 3.05) is 33.3 Å². The molecule has 2 aromatic rings. The summed E-state index contributed by atoms with van der Waals surface area (Å²) in [7, 11) is 1.58. The van der Waals surface area contributed by atoms with E-state index in [9.17, 15) is 9.59 Å². The van der Waals surface area contributed by atoms with Crippen LogP contribution in [0.5, 0.6) is 0 Å². The molecule has 2 aromatic heterocycles. The Morgan fingerprint density at radius 3 is 2.40 bits per heavy atom. The van der Waals surface area contributed by atoms with Crippen LogP contribution in [0, 0.1) is 0 Å². The lowest BCUT2D eigenvalue weighted by Crippen LogP contribution is -2.37. The van der Waals surface area contributed by atoms with Crippen molar-refractivity contribution in [1.29, 1.82) is 0 Å². The fourth-order valence-electron chi connectivity index (χ4n) is 2.87. The van der Waals surface area contributed by atoms with Gasteiger partial charge in [-0.25, -0.2) is 0 Å². The van der Waals surface area contributed by atoms with Gasteiger partial charge in [-0.05, 0) is 30.7 Å². The van der Waals surface area contributed by atoms with Gasteiger partial charge < -0.3 is 19.0 Å². The van der Waals surface area contributed by atoms with Gasteiger partial charge in [0.15, 0.2) is 5.76 Å². The lowest BCUT2D eigenvalue weighted by molar-refractivity contribution is 0.0695. The fourth-order valence-corrected chi connectivity index (χ4v) is 2.87. The number of hydrogen-bond donors (Lipinski definition) is 0. The van der Waals surface area contributed by atoms with Crippen LogP contribution in [-0.2, 0) is 11.3 Å². The summed E-state index contributed by atoms with van der Waals surface area (Å²) in [6, 6.07) is 6.82. The van der Waals surface area contributed by atoms with Gasteiger partial charge in [0.05, 0.1) is 0 Å². The molecule has 0 bridgehead atoms. The molecule has 7 heteroatoms. The number of carbonyl (C=O) groups excluding carboxylic acids is 2. The Hall–Kier alpha value is -2.67. The average molecular weight is 343 g/mol. The van der Waals surface area contributed by atoms with Crippen LogP contribution in [-0.4, -0.2) is 59.9 Å². The Morgan fingerprint density at radius 2 is 1.72 bits per heavy atom. The van der Waals surface area contributed by atoms with Gasteiger partial charge >= 0.3 is 0 Å². The van der Waals surface area contributed by atoms with Crippen LogP contribution in [0.4, 0.5) is 0 Å². The Balaban J connectivity index is 1.62. The van der Waals surface area contributed by atoms with Crippen LogP contribution in [0.3, 0.4) is 0 Å². The van der Waals surface area contributed by atoms with E-state index in [1.165, 1.54) is 0 Å². The van der Waals surface area contributed by atoms with Gasteiger partial charge in [0.1, 0.15) is 12.4 Å². The molecule has 132 valence electrons. The van der Waals surface area contributed by atoms with E-state index in [2.05, 4.69) is 4.98 Å². The van der Waals surface area contributed by atoms with E-state index in [4.69, 9.17) is 9.15 Å². The molecule has 1 aliphatic heterocycles. The Labute approximate surface area is 146 Å². The molecular formula is C18H21N3O4. The maximum Gasteiger partial charge on any atom is 0.289 e. The third-order valence-electron chi connectivity index (χ3n) is 4.16. The first kappa shape index (κ1) is 17.2. The maximum absolute atomic E-state index is 12.6. The van der Waals surface area contributed by atoms with E-state index in [1.807, 2.05) is 0 Å². The molecule has 0 spiro atoms. The van der Waals surface area contributed by atoms with Gasteiger partial charge in [0.2, 0.25) is 0 Å². The molecule has 0 N–H and O–H groups in total. The minimum Gasteiger partial charge on any atom is -0.453 e. The second kappa shape index (κ2) is 7.94. The maximum atomic E-state index is 12.6. The minimum absolute atomic E-state index is 0.0305. The van der Waals surface area contributed by atoms with Gasteiger partial charge in [0, 0.05) is 51.2 Å². The van der Waals surface area contributed by atoms with Crippen molar-refractivity contribution in [2.24, 2.45) is 0 Å². The number of rotatable bonds is 4. The quantitative estimate of drug-likeness (QED) is 0.846. The Bertz CT molecular complexity index is 729. The zero-order valence-electron chi connectivity index (χ0n) is 14.2. The largest absolute Gasteiger partial charge is 0.453 e. The normalized spacial score (nSPS) is 15.1. The third kappa shape index (κ3) is 4.06. The highest BCUT2D eigenvalue weighted by atomic mass is 16.5. The molecule has 0 saturated carbocycles. The summed E-state index contributed by atoms with van der Waals surface area (Å²) < 4.78 is 10.5. The van der Waals surface area contributed by atoms with E-state index >= 15 is 0 Å². The van der Waals surface area contributed by atoms with Crippen molar-refractivity contribution in [3.8, 4) is 0 Å². The van der Waals surface area contributed by atoms with Crippen molar-refractivity contribution >= 4 is 11.8 Å². The number of methoxy groups -OCH3 is 1. The van der Waals surface area contributed by atoms with E-state index in [0.29, 0.717) is 49.9 Å². The standard InChI is InChI=1S/C18H21N3O4/c1-24-13-15-3-4-16(25-15)18(23)21-10-2-9-20(11-12-21)17(22)14-5-7-19-8-6-14/h3-8H,2,9-13H2,1H3. The molecule has 0 radical (unpaired) electrons. The lowest BCUT2D eigenvalue weighted by Gasteiger charge is -2.21. The van der Waals surface area contributed by atoms with Gasteiger partial charge in [-0.15, -0.1) is 0 Å². The number of nitrogens with zero attached hydrogens (tertiary/aromatic N) is 3. The summed E-state index contributed by atoms with van der Waals surface area (Å²) in [5.41, 5.74) is 0.616. The summed E-state index contributed by atoms with van der Waals surface area (Å²) in [4.78, 5) is 32.6. The SMILES string of the molecule is COCc1ccc(C(=O)N2CCCN(C(=O)c3ccncc3)CC2)o1. The van der Waals surface area contributed by atoms with E-state index in [0.717, 1.165) is 6.42 Å². The number of furan rings is 1. The third-order valence-corrected chi connectivity index (χ3v) is 4.16. The van der Waals surface area contributed by atoms with Crippen molar-refractivity contribution < 1.29 is 18.7 Å². The zero-order chi connectivity index (χ0) is 17.6. The highest BCUT2D eigenvalue weighted by Gasteiger charge is 2.25. The van der Waals surface area contributed by atoms with Crippen molar-refractivity contribution in [3.63, 3.8) is 0 Å². The van der Waals surface area contributed by atoms with Gasteiger partial charge in [0.25, 0.3) is 11.8 Å². The first-order chi connectivity index (χ1) is 12.2. The van der Waals surface area contributed by atoms with Crippen LogP contribution in [0.1, 0.15) is 33.1 Å². The Kier molecular flexibility index (Phi) is 5.45. The molecule has 3 heterocycles. The first-order valence-corrected chi connectivity index (χ1v) is 8.25. The molecule has 1 saturated heterocycles. The molecule has 1 aliphatic rings. The number of carbonyl (C=O) groups is 2. The smallest absolute Gasteiger partial charge is 0.289 e. The highest BCUT2D eigenvalue weighted by Crippen LogP contribution is 2.14. The number of amides is 2. The van der Waals surface area contributed by atoms with Crippen LogP contribution in [0.2, 0.25) is 0 Å². The summed E-state index contributed by atoms with van der Waals surface area (Å²) in [6.07, 6.45) is 3.94. The predicted molar refractivity (Wildman–Crippen MR) is 90.1 cm³/mol. The van der Waals surface area contributed by atoms with Crippen molar-refractivity contribution in [2.45, 2.75) is 13.0 Å². The second-order valence-electron chi connectivity index (χ2n) is 5.87. The molecule has 2 amide bonds. The topological polar surface area (TPSA) is 75.9 Å². The van der Waals surface area contributed by atoms with E-state index < -0.39 is 0 Å². The van der Waals surface area contributed by atoms with E-state index in [1.54, 1.807) is 53.6 Å². The van der Waals surface area contributed by atoms with Gasteiger partial charge in [-0.2, -0.15) is 0 Å². The molecule has 7 nitrogen and oxygen atoms in total. The van der Waals surface area contributed by atoms with Crippen LogP contribution < -0.4 is 0 Å². The van der Waals surface area contributed by atoms with Crippen molar-refractivity contribution in [3.05, 3.63) is 53.7 Å². The molecule has 0 aliphatic carbocycles. The second-order valence-corrected chi connectivity index (χ2v) is 5.87. The molecular weight excluding hydrogens is 322 g/mol. The monoisotopic (exact) mass is 343 g/mol. The van der Waals surface area contributed by atoms with Crippen LogP contribution in [0.25, 0.3) is 0 Å². The number of ether oxygens (including phenoxy) is 1. The molecule has 3 rings (SSSR count). The average Bonchev–Trinajstić information content (AvgIpc) is 2.97. The van der Waals surface area contributed by atoms with Gasteiger partial charge in [-0.3, -0.25) is 14.6 Å². The first-order valence-electron chi connectivity index (χ1n) is 8.25. The summed E-state index contributed by atoms with van der Waals surface area (Å²) in [5.74, 6) is 0.744. The van der Waals surface area contributed by atoms with Gasteiger partial charge in [-0.1, -0.05) is 0 Å². The molecule has 1 fully saturated rings. The number of pyridine rings is 1. The molecule has 25 heavy (non-hydrogen) atoms. The van der Waals surface area contributed by atoms with Crippen LogP contribution >= 0.6 is 0 Å². The fraction of sp³-hybridized carbons (Fsp3) is 0.389. The Morgan fingerprint density at radius 1 is 1.04 bits per heavy atom. The summed E-state index contributed by atoms with van der Waals surface area (Å²) in [6.45, 7) is 2.53. The number of hydrogen-bond acceptors (Lipinski definition) is 5. The van der Waals surface area contributed by atoms with Crippen molar-refractivity contribution in [1.82, 2.24) is 14.8 Å². The molecule has 0 unspecified atom stereocenters. The molecule has 0 atom stereocenters. The summed E-state index contributed by atoms with van der Waals surface area (Å²) >= 11 is 0. The number of aromatic nitrogens is 1. The van der Waals surface area contributed by atoms with Crippen LogP contribution in [0.15, 0.2) is 41.1 Å².